The van der Waals surface area contributed by atoms with Gasteiger partial charge < -0.3 is 5.32 Å². The van der Waals surface area contributed by atoms with Crippen LogP contribution in [0.15, 0.2) is 23.1 Å². The maximum atomic E-state index is 11.0. The van der Waals surface area contributed by atoms with Crippen LogP contribution in [0.3, 0.4) is 0 Å². The Balaban J connectivity index is 2.54. The Bertz CT molecular complexity index is 439. The molecule has 4 nitrogen and oxygen atoms in total. The normalized spacial score (nSPS) is 15.2. The molecule has 0 radical (unpaired) electrons. The zero-order valence-corrected chi connectivity index (χ0v) is 7.76. The molecule has 1 aliphatic heterocycles. The van der Waals surface area contributed by atoms with Gasteiger partial charge in [0.05, 0.1) is 4.90 Å². The molecule has 13 heavy (non-hydrogen) atoms. The number of anilines is 1. The first-order chi connectivity index (χ1) is 6.07. The third kappa shape index (κ3) is 1.52. The average Bonchev–Trinajstić information content (AvgIpc) is 2.47. The summed E-state index contributed by atoms with van der Waals surface area (Å²) in [5.74, 6) is 0. The molecule has 0 aromatic heterocycles. The van der Waals surface area contributed by atoms with E-state index in [9.17, 15) is 8.42 Å². The van der Waals surface area contributed by atoms with Gasteiger partial charge in [0.2, 0.25) is 10.0 Å². The van der Waals surface area contributed by atoms with Crippen LogP contribution in [0.4, 0.5) is 5.69 Å². The summed E-state index contributed by atoms with van der Waals surface area (Å²) in [5.41, 5.74) is 2.03. The summed E-state index contributed by atoms with van der Waals surface area (Å²) in [7, 11) is -3.56. The molecule has 0 bridgehead atoms. The first-order valence-corrected chi connectivity index (χ1v) is 5.51. The van der Waals surface area contributed by atoms with Gasteiger partial charge in [-0.15, -0.1) is 0 Å². The standard InChI is InChI=1S/C8H10N2O2S/c9-13(11,12)7-2-1-6-3-4-10-8(6)5-7/h1-2,5,10H,3-4H2,(H2,9,11,12). The summed E-state index contributed by atoms with van der Waals surface area (Å²) in [6.07, 6.45) is 0.945. The van der Waals surface area contributed by atoms with E-state index in [4.69, 9.17) is 5.14 Å². The highest BCUT2D eigenvalue weighted by molar-refractivity contribution is 7.89. The lowest BCUT2D eigenvalue weighted by molar-refractivity contribution is 0.598. The minimum atomic E-state index is -3.56. The van der Waals surface area contributed by atoms with Gasteiger partial charge in [-0.05, 0) is 24.1 Å². The van der Waals surface area contributed by atoms with E-state index in [1.165, 1.54) is 0 Å². The number of hydrogen-bond acceptors (Lipinski definition) is 3. The highest BCUT2D eigenvalue weighted by atomic mass is 32.2. The van der Waals surface area contributed by atoms with Gasteiger partial charge in [0, 0.05) is 12.2 Å². The number of rotatable bonds is 1. The molecule has 2 rings (SSSR count). The second-order valence-electron chi connectivity index (χ2n) is 3.04. The molecule has 0 aliphatic carbocycles. The fraction of sp³-hybridized carbons (Fsp3) is 0.250. The molecule has 1 aromatic carbocycles. The molecule has 0 atom stereocenters. The van der Waals surface area contributed by atoms with Gasteiger partial charge in [0.25, 0.3) is 0 Å². The van der Waals surface area contributed by atoms with Gasteiger partial charge in [-0.3, -0.25) is 0 Å². The molecular formula is C8H10N2O2S. The third-order valence-electron chi connectivity index (χ3n) is 2.12. The minimum absolute atomic E-state index is 0.167. The van der Waals surface area contributed by atoms with Crippen molar-refractivity contribution in [1.82, 2.24) is 0 Å². The molecule has 0 amide bonds. The second-order valence-corrected chi connectivity index (χ2v) is 4.60. The molecule has 1 aromatic rings. The number of benzene rings is 1. The quantitative estimate of drug-likeness (QED) is 0.681. The molecule has 1 heterocycles. The molecule has 0 saturated carbocycles. The van der Waals surface area contributed by atoms with Gasteiger partial charge in [-0.2, -0.15) is 0 Å². The first-order valence-electron chi connectivity index (χ1n) is 3.97. The maximum Gasteiger partial charge on any atom is 0.238 e. The number of sulfonamides is 1. The molecular weight excluding hydrogens is 188 g/mol. The number of fused-ring (bicyclic) bond motifs is 1. The topological polar surface area (TPSA) is 72.2 Å². The Morgan fingerprint density at radius 3 is 2.85 bits per heavy atom. The molecule has 1 aliphatic rings. The monoisotopic (exact) mass is 198 g/mol. The average molecular weight is 198 g/mol. The fourth-order valence-corrected chi connectivity index (χ4v) is 1.99. The predicted octanol–water partition coefficient (Wildman–Crippen LogP) is 0.302. The molecule has 0 saturated heterocycles. The summed E-state index contributed by atoms with van der Waals surface area (Å²) < 4.78 is 22.0. The van der Waals surface area contributed by atoms with Crippen LogP contribution in [0.25, 0.3) is 0 Å². The van der Waals surface area contributed by atoms with Crippen molar-refractivity contribution in [2.24, 2.45) is 5.14 Å². The lowest BCUT2D eigenvalue weighted by Gasteiger charge is -2.02. The van der Waals surface area contributed by atoms with Crippen molar-refractivity contribution < 1.29 is 8.42 Å². The van der Waals surface area contributed by atoms with Crippen LogP contribution < -0.4 is 10.5 Å². The van der Waals surface area contributed by atoms with Crippen molar-refractivity contribution in [3.8, 4) is 0 Å². The highest BCUT2D eigenvalue weighted by Gasteiger charge is 2.14. The summed E-state index contributed by atoms with van der Waals surface area (Å²) >= 11 is 0. The SMILES string of the molecule is NS(=O)(=O)c1ccc2c(c1)NCC2. The van der Waals surface area contributed by atoms with E-state index in [2.05, 4.69) is 5.32 Å². The van der Waals surface area contributed by atoms with Crippen LogP contribution in [-0.4, -0.2) is 15.0 Å². The van der Waals surface area contributed by atoms with E-state index in [1.807, 2.05) is 0 Å². The number of hydrogen-bond donors (Lipinski definition) is 2. The Morgan fingerprint density at radius 2 is 2.15 bits per heavy atom. The zero-order valence-electron chi connectivity index (χ0n) is 6.95. The van der Waals surface area contributed by atoms with Crippen LogP contribution >= 0.6 is 0 Å². The summed E-state index contributed by atoms with van der Waals surface area (Å²) in [6, 6.07) is 4.92. The van der Waals surface area contributed by atoms with Crippen LogP contribution in [-0.2, 0) is 16.4 Å². The van der Waals surface area contributed by atoms with Crippen LogP contribution in [0.2, 0.25) is 0 Å². The largest absolute Gasteiger partial charge is 0.384 e. The van der Waals surface area contributed by atoms with Gasteiger partial charge >= 0.3 is 0 Å². The number of primary sulfonamides is 1. The van der Waals surface area contributed by atoms with Crippen LogP contribution in [0.1, 0.15) is 5.56 Å². The Morgan fingerprint density at radius 1 is 1.38 bits per heavy atom. The van der Waals surface area contributed by atoms with Crippen molar-refractivity contribution in [3.63, 3.8) is 0 Å². The van der Waals surface area contributed by atoms with Gasteiger partial charge in [0.1, 0.15) is 0 Å². The molecule has 0 fully saturated rings. The van der Waals surface area contributed by atoms with Crippen molar-refractivity contribution in [1.29, 1.82) is 0 Å². The van der Waals surface area contributed by atoms with Crippen LogP contribution in [0.5, 0.6) is 0 Å². The van der Waals surface area contributed by atoms with Gasteiger partial charge in [0.15, 0.2) is 0 Å². The van der Waals surface area contributed by atoms with E-state index >= 15 is 0 Å². The molecule has 3 N–H and O–H groups in total. The molecule has 0 spiro atoms. The third-order valence-corrected chi connectivity index (χ3v) is 3.03. The van der Waals surface area contributed by atoms with E-state index < -0.39 is 10.0 Å². The van der Waals surface area contributed by atoms with Crippen LogP contribution in [0, 0.1) is 0 Å². The van der Waals surface area contributed by atoms with E-state index in [-0.39, 0.29) is 4.90 Å². The number of nitrogens with two attached hydrogens (primary N) is 1. The van der Waals surface area contributed by atoms with Crippen molar-refractivity contribution in [2.45, 2.75) is 11.3 Å². The Kier molecular flexibility index (Phi) is 1.78. The second kappa shape index (κ2) is 2.71. The summed E-state index contributed by atoms with van der Waals surface area (Å²) in [6.45, 7) is 0.864. The van der Waals surface area contributed by atoms with Crippen molar-refractivity contribution in [2.75, 3.05) is 11.9 Å². The molecule has 70 valence electrons. The van der Waals surface area contributed by atoms with E-state index in [1.54, 1.807) is 18.2 Å². The van der Waals surface area contributed by atoms with Gasteiger partial charge in [-0.25, -0.2) is 13.6 Å². The smallest absolute Gasteiger partial charge is 0.238 e. The zero-order chi connectivity index (χ0) is 9.47. The lowest BCUT2D eigenvalue weighted by atomic mass is 10.2. The van der Waals surface area contributed by atoms with E-state index in [0.29, 0.717) is 0 Å². The Labute approximate surface area is 76.8 Å². The van der Waals surface area contributed by atoms with E-state index in [0.717, 1.165) is 24.2 Å². The molecule has 0 unspecified atom stereocenters. The van der Waals surface area contributed by atoms with Crippen molar-refractivity contribution in [3.05, 3.63) is 23.8 Å². The van der Waals surface area contributed by atoms with Gasteiger partial charge in [-0.1, -0.05) is 6.07 Å². The maximum absolute atomic E-state index is 11.0. The molecule has 5 heteroatoms. The Hall–Kier alpha value is -1.07. The minimum Gasteiger partial charge on any atom is -0.384 e. The fourth-order valence-electron chi connectivity index (χ4n) is 1.45. The summed E-state index contributed by atoms with van der Waals surface area (Å²) in [4.78, 5) is 0.167. The summed E-state index contributed by atoms with van der Waals surface area (Å²) in [5, 5.41) is 8.09. The lowest BCUT2D eigenvalue weighted by Crippen LogP contribution is -2.12. The van der Waals surface area contributed by atoms with Crippen molar-refractivity contribution >= 4 is 15.7 Å². The predicted molar refractivity (Wildman–Crippen MR) is 50.0 cm³/mol. The first kappa shape index (κ1) is 8.52. The highest BCUT2D eigenvalue weighted by Crippen LogP contribution is 2.24. The number of nitrogens with one attached hydrogen (secondary N) is 1.